The smallest absolute Gasteiger partial charge is 0.410 e. The highest BCUT2D eigenvalue weighted by Crippen LogP contribution is 2.29. The van der Waals surface area contributed by atoms with Crippen molar-refractivity contribution in [1.82, 2.24) is 4.90 Å². The summed E-state index contributed by atoms with van der Waals surface area (Å²) in [4.78, 5) is 30.8. The summed E-state index contributed by atoms with van der Waals surface area (Å²) >= 11 is 1.68. The van der Waals surface area contributed by atoms with Crippen LogP contribution in [0.4, 0.5) is 21.9 Å². The van der Waals surface area contributed by atoms with E-state index in [2.05, 4.69) is 17.1 Å². The maximum absolute atomic E-state index is 13.5. The standard InChI is InChI=1S/C30H44N4O6S2/c1-7-8-19-39-20-21-41-25-12-9-23(10-13-25)31-28(35)26-22-24(11-14-27(26)32(5)42(6,37)38)33-15-17-34(18-16-33)29(36)40-30(2,3)4/h9-14,22H,7-8,15-21H2,1-6H3,(H,31,35). The third-order valence-corrected chi connectivity index (χ3v) is 8.78. The maximum Gasteiger partial charge on any atom is 0.410 e. The largest absolute Gasteiger partial charge is 0.444 e. The minimum absolute atomic E-state index is 0.234. The van der Waals surface area contributed by atoms with Crippen LogP contribution >= 0.6 is 11.8 Å². The molecule has 0 bridgehead atoms. The monoisotopic (exact) mass is 620 g/mol. The molecule has 0 spiro atoms. The predicted octanol–water partition coefficient (Wildman–Crippen LogP) is 5.30. The van der Waals surface area contributed by atoms with Gasteiger partial charge in [-0.15, -0.1) is 11.8 Å². The fraction of sp³-hybridized carbons (Fsp3) is 0.533. The van der Waals surface area contributed by atoms with Gasteiger partial charge in [-0.1, -0.05) is 13.3 Å². The van der Waals surface area contributed by atoms with Crippen LogP contribution in [0.15, 0.2) is 47.4 Å². The van der Waals surface area contributed by atoms with Crippen molar-refractivity contribution in [3.63, 3.8) is 0 Å². The number of nitrogens with one attached hydrogen (secondary N) is 1. The van der Waals surface area contributed by atoms with Gasteiger partial charge in [0.15, 0.2) is 0 Å². The van der Waals surface area contributed by atoms with E-state index in [-0.39, 0.29) is 17.3 Å². The van der Waals surface area contributed by atoms with Crippen LogP contribution in [0.3, 0.4) is 0 Å². The molecule has 0 atom stereocenters. The Balaban J connectivity index is 1.71. The van der Waals surface area contributed by atoms with Gasteiger partial charge in [0.1, 0.15) is 5.60 Å². The highest BCUT2D eigenvalue weighted by molar-refractivity contribution is 7.99. The summed E-state index contributed by atoms with van der Waals surface area (Å²) in [7, 11) is -2.18. The molecule has 1 aliphatic rings. The first-order chi connectivity index (χ1) is 19.8. The summed E-state index contributed by atoms with van der Waals surface area (Å²) in [5.41, 5.74) is 1.31. The second-order valence-corrected chi connectivity index (χ2v) is 14.4. The molecule has 0 aliphatic carbocycles. The molecule has 0 unspecified atom stereocenters. The maximum atomic E-state index is 13.5. The molecule has 2 aromatic carbocycles. The zero-order valence-corrected chi connectivity index (χ0v) is 27.1. The lowest BCUT2D eigenvalue weighted by Crippen LogP contribution is -2.50. The van der Waals surface area contributed by atoms with Crippen LogP contribution in [0.2, 0.25) is 0 Å². The molecular formula is C30H44N4O6S2. The average molecular weight is 621 g/mol. The van der Waals surface area contributed by atoms with Gasteiger partial charge in [0.05, 0.1) is 24.1 Å². The Morgan fingerprint density at radius 1 is 1.02 bits per heavy atom. The fourth-order valence-electron chi connectivity index (χ4n) is 4.23. The van der Waals surface area contributed by atoms with Crippen LogP contribution in [0, 0.1) is 0 Å². The van der Waals surface area contributed by atoms with Crippen molar-refractivity contribution >= 4 is 50.8 Å². The number of thioether (sulfide) groups is 1. The van der Waals surface area contributed by atoms with Gasteiger partial charge >= 0.3 is 6.09 Å². The Hall–Kier alpha value is -2.96. The Kier molecular flexibility index (Phi) is 12.0. The second kappa shape index (κ2) is 15.0. The Bertz CT molecular complexity index is 1300. The zero-order chi connectivity index (χ0) is 30.9. The van der Waals surface area contributed by atoms with Gasteiger partial charge in [0.2, 0.25) is 10.0 Å². The van der Waals surface area contributed by atoms with E-state index in [4.69, 9.17) is 9.47 Å². The lowest BCUT2D eigenvalue weighted by atomic mass is 10.1. The van der Waals surface area contributed by atoms with E-state index < -0.39 is 21.5 Å². The zero-order valence-electron chi connectivity index (χ0n) is 25.5. The number of anilines is 3. The van der Waals surface area contributed by atoms with Crippen molar-refractivity contribution in [3.05, 3.63) is 48.0 Å². The normalized spacial score (nSPS) is 14.0. The molecule has 0 radical (unpaired) electrons. The predicted molar refractivity (Wildman–Crippen MR) is 171 cm³/mol. The number of amides is 2. The molecule has 1 heterocycles. The van der Waals surface area contributed by atoms with Crippen molar-refractivity contribution in [2.75, 3.05) is 73.0 Å². The van der Waals surface area contributed by atoms with Crippen LogP contribution in [-0.2, 0) is 19.5 Å². The molecule has 1 saturated heterocycles. The first-order valence-electron chi connectivity index (χ1n) is 14.2. The molecule has 2 aromatic rings. The topological polar surface area (TPSA) is 108 Å². The quantitative estimate of drug-likeness (QED) is 0.252. The summed E-state index contributed by atoms with van der Waals surface area (Å²) in [5, 5.41) is 2.91. The molecule has 10 nitrogen and oxygen atoms in total. The average Bonchev–Trinajstić information content (AvgIpc) is 2.93. The molecule has 1 aliphatic heterocycles. The molecule has 1 N–H and O–H groups in total. The summed E-state index contributed by atoms with van der Waals surface area (Å²) < 4.78 is 36.9. The number of unbranched alkanes of at least 4 members (excludes halogenated alkanes) is 1. The van der Waals surface area contributed by atoms with E-state index in [1.165, 1.54) is 7.05 Å². The molecule has 3 rings (SSSR count). The number of nitrogens with zero attached hydrogens (tertiary/aromatic N) is 3. The van der Waals surface area contributed by atoms with E-state index in [1.807, 2.05) is 45.0 Å². The first-order valence-corrected chi connectivity index (χ1v) is 17.0. The summed E-state index contributed by atoms with van der Waals surface area (Å²) in [6, 6.07) is 12.7. The molecule has 1 fully saturated rings. The minimum Gasteiger partial charge on any atom is -0.444 e. The van der Waals surface area contributed by atoms with E-state index in [0.717, 1.165) is 46.3 Å². The number of hydrogen-bond acceptors (Lipinski definition) is 8. The number of hydrogen-bond donors (Lipinski definition) is 1. The summed E-state index contributed by atoms with van der Waals surface area (Å²) in [6.45, 7) is 11.1. The van der Waals surface area contributed by atoms with Crippen molar-refractivity contribution in [3.8, 4) is 0 Å². The second-order valence-electron chi connectivity index (χ2n) is 11.2. The molecular weight excluding hydrogens is 576 g/mol. The molecule has 2 amide bonds. The van der Waals surface area contributed by atoms with Gasteiger partial charge in [0.25, 0.3) is 5.91 Å². The number of carbonyl (C=O) groups excluding carboxylic acids is 2. The molecule has 0 aromatic heterocycles. The third kappa shape index (κ3) is 10.1. The Morgan fingerprint density at radius 3 is 2.29 bits per heavy atom. The van der Waals surface area contributed by atoms with Gasteiger partial charge in [-0.2, -0.15) is 0 Å². The van der Waals surface area contributed by atoms with Crippen molar-refractivity contribution < 1.29 is 27.5 Å². The number of rotatable bonds is 12. The number of ether oxygens (including phenoxy) is 2. The van der Waals surface area contributed by atoms with E-state index in [9.17, 15) is 18.0 Å². The highest BCUT2D eigenvalue weighted by atomic mass is 32.2. The molecule has 0 saturated carbocycles. The number of carbonyl (C=O) groups is 2. The number of benzene rings is 2. The van der Waals surface area contributed by atoms with Crippen molar-refractivity contribution in [2.24, 2.45) is 0 Å². The van der Waals surface area contributed by atoms with Gasteiger partial charge in [-0.05, 0) is 69.7 Å². The Labute approximate surface area is 254 Å². The first kappa shape index (κ1) is 33.5. The number of piperazine rings is 1. The SMILES string of the molecule is CCCCOCCSc1ccc(NC(=O)c2cc(N3CCN(C(=O)OC(C)(C)C)CC3)ccc2N(C)S(C)(=O)=O)cc1. The van der Waals surface area contributed by atoms with Crippen LogP contribution < -0.4 is 14.5 Å². The lowest BCUT2D eigenvalue weighted by molar-refractivity contribution is 0.0240. The highest BCUT2D eigenvalue weighted by Gasteiger charge is 2.27. The molecule has 12 heteroatoms. The molecule has 232 valence electrons. The third-order valence-electron chi connectivity index (χ3n) is 6.61. The van der Waals surface area contributed by atoms with E-state index >= 15 is 0 Å². The fourth-order valence-corrected chi connectivity index (χ4v) is 5.51. The van der Waals surface area contributed by atoms with Crippen LogP contribution in [0.25, 0.3) is 0 Å². The van der Waals surface area contributed by atoms with Gasteiger partial charge in [-0.25, -0.2) is 13.2 Å². The van der Waals surface area contributed by atoms with Crippen LogP contribution in [-0.4, -0.2) is 89.4 Å². The van der Waals surface area contributed by atoms with Crippen LogP contribution in [0.1, 0.15) is 50.9 Å². The van der Waals surface area contributed by atoms with Crippen molar-refractivity contribution in [2.45, 2.75) is 51.0 Å². The lowest BCUT2D eigenvalue weighted by Gasteiger charge is -2.37. The van der Waals surface area contributed by atoms with Crippen molar-refractivity contribution in [1.29, 1.82) is 0 Å². The molecule has 42 heavy (non-hydrogen) atoms. The number of sulfonamides is 1. The van der Waals surface area contributed by atoms with Gasteiger partial charge < -0.3 is 24.6 Å². The van der Waals surface area contributed by atoms with E-state index in [1.54, 1.807) is 34.9 Å². The Morgan fingerprint density at radius 2 is 1.69 bits per heavy atom. The van der Waals surface area contributed by atoms with E-state index in [0.29, 0.717) is 38.5 Å². The van der Waals surface area contributed by atoms with Crippen LogP contribution in [0.5, 0.6) is 0 Å². The van der Waals surface area contributed by atoms with Gasteiger partial charge in [-0.3, -0.25) is 9.10 Å². The summed E-state index contributed by atoms with van der Waals surface area (Å²) in [5.74, 6) is 0.426. The van der Waals surface area contributed by atoms with Gasteiger partial charge in [0, 0.05) is 61.9 Å². The summed E-state index contributed by atoms with van der Waals surface area (Å²) in [6.07, 6.45) is 2.93. The minimum atomic E-state index is -3.61.